The lowest BCUT2D eigenvalue weighted by Crippen LogP contribution is -2.19. The van der Waals surface area contributed by atoms with Crippen LogP contribution in [0.1, 0.15) is 33.2 Å². The first-order valence-electron chi connectivity index (χ1n) is 9.10. The van der Waals surface area contributed by atoms with Gasteiger partial charge < -0.3 is 5.32 Å². The Kier molecular flexibility index (Phi) is 6.74. The highest BCUT2D eigenvalue weighted by atomic mass is 35.5. The second-order valence-corrected chi connectivity index (χ2v) is 6.92. The minimum atomic E-state index is -0.539. The molecule has 3 aromatic rings. The molecule has 3 rings (SSSR count). The minimum Gasteiger partial charge on any atom is -0.322 e. The second-order valence-electron chi connectivity index (χ2n) is 6.48. The van der Waals surface area contributed by atoms with Crippen LogP contribution in [-0.2, 0) is 0 Å². The molecule has 2 amide bonds. The molecule has 0 aliphatic heterocycles. The number of carbonyl (C=O) groups excluding carboxylic acids is 2. The number of non-ortho nitro benzene ring substituents is 1. The lowest BCUT2D eigenvalue weighted by molar-refractivity contribution is -0.384. The molecule has 0 saturated carbocycles. The van der Waals surface area contributed by atoms with Gasteiger partial charge in [-0.25, -0.2) is 5.43 Å². The van der Waals surface area contributed by atoms with Crippen molar-refractivity contribution >= 4 is 40.5 Å². The summed E-state index contributed by atoms with van der Waals surface area (Å²) in [5.74, 6) is -0.781. The van der Waals surface area contributed by atoms with E-state index in [4.69, 9.17) is 11.6 Å². The van der Waals surface area contributed by atoms with Gasteiger partial charge in [-0.15, -0.1) is 0 Å². The van der Waals surface area contributed by atoms with Crippen LogP contribution in [-0.4, -0.2) is 22.4 Å². The summed E-state index contributed by atoms with van der Waals surface area (Å²) in [6.45, 7) is 1.70. The maximum atomic E-state index is 12.4. The van der Waals surface area contributed by atoms with Gasteiger partial charge in [0.15, 0.2) is 0 Å². The summed E-state index contributed by atoms with van der Waals surface area (Å²) in [5, 5.41) is 18.1. The molecular weight excluding hydrogens is 420 g/mol. The van der Waals surface area contributed by atoms with E-state index < -0.39 is 10.8 Å². The highest BCUT2D eigenvalue weighted by molar-refractivity contribution is 6.30. The molecule has 9 heteroatoms. The smallest absolute Gasteiger partial charge is 0.271 e. The molecule has 0 atom stereocenters. The van der Waals surface area contributed by atoms with Crippen molar-refractivity contribution < 1.29 is 14.5 Å². The van der Waals surface area contributed by atoms with Gasteiger partial charge in [0.2, 0.25) is 0 Å². The van der Waals surface area contributed by atoms with E-state index in [2.05, 4.69) is 15.8 Å². The van der Waals surface area contributed by atoms with Crippen LogP contribution in [0, 0.1) is 10.1 Å². The highest BCUT2D eigenvalue weighted by Crippen LogP contribution is 2.15. The number of anilines is 1. The van der Waals surface area contributed by atoms with Crippen LogP contribution >= 0.6 is 11.6 Å². The first-order chi connectivity index (χ1) is 14.8. The molecule has 3 aromatic carbocycles. The number of amides is 2. The maximum absolute atomic E-state index is 12.4. The zero-order valence-electron chi connectivity index (χ0n) is 16.3. The van der Waals surface area contributed by atoms with Crippen LogP contribution in [0.25, 0.3) is 0 Å². The molecule has 0 fully saturated rings. The molecule has 0 unspecified atom stereocenters. The topological polar surface area (TPSA) is 114 Å². The Morgan fingerprint density at radius 2 is 1.52 bits per heavy atom. The van der Waals surface area contributed by atoms with E-state index in [1.807, 2.05) is 0 Å². The molecule has 2 N–H and O–H groups in total. The Morgan fingerprint density at radius 1 is 0.903 bits per heavy atom. The van der Waals surface area contributed by atoms with E-state index in [0.29, 0.717) is 27.5 Å². The number of nitro benzene ring substituents is 1. The maximum Gasteiger partial charge on any atom is 0.271 e. The zero-order chi connectivity index (χ0) is 22.4. The summed E-state index contributed by atoms with van der Waals surface area (Å²) in [4.78, 5) is 34.7. The number of nitro groups is 1. The van der Waals surface area contributed by atoms with Gasteiger partial charge in [0.1, 0.15) is 0 Å². The van der Waals surface area contributed by atoms with Gasteiger partial charge in [0, 0.05) is 34.0 Å². The minimum absolute atomic E-state index is 0.103. The number of carbonyl (C=O) groups is 2. The molecule has 31 heavy (non-hydrogen) atoms. The number of hydrogen-bond donors (Lipinski definition) is 2. The van der Waals surface area contributed by atoms with Gasteiger partial charge in [-0.1, -0.05) is 23.7 Å². The number of hydrogen-bond acceptors (Lipinski definition) is 5. The number of hydrazone groups is 1. The van der Waals surface area contributed by atoms with Crippen LogP contribution < -0.4 is 10.7 Å². The van der Waals surface area contributed by atoms with Crippen molar-refractivity contribution in [2.75, 3.05) is 5.32 Å². The van der Waals surface area contributed by atoms with Gasteiger partial charge in [-0.2, -0.15) is 5.10 Å². The fraction of sp³-hybridized carbons (Fsp3) is 0.0455. The molecule has 0 aliphatic rings. The number of rotatable bonds is 6. The van der Waals surface area contributed by atoms with Crippen LogP contribution in [0.3, 0.4) is 0 Å². The Labute approximate surface area is 182 Å². The number of benzene rings is 3. The van der Waals surface area contributed by atoms with E-state index in [9.17, 15) is 19.7 Å². The van der Waals surface area contributed by atoms with Gasteiger partial charge in [-0.3, -0.25) is 19.7 Å². The summed E-state index contributed by atoms with van der Waals surface area (Å²) >= 11 is 5.84. The fourth-order valence-corrected chi connectivity index (χ4v) is 2.75. The van der Waals surface area contributed by atoms with Crippen molar-refractivity contribution in [3.05, 3.63) is 105 Å². The van der Waals surface area contributed by atoms with E-state index in [0.717, 1.165) is 0 Å². The molecule has 0 aliphatic carbocycles. The number of nitrogens with one attached hydrogen (secondary N) is 2. The number of halogens is 1. The predicted octanol–water partition coefficient (Wildman–Crippen LogP) is 4.65. The zero-order valence-corrected chi connectivity index (χ0v) is 17.1. The first-order valence-corrected chi connectivity index (χ1v) is 9.48. The summed E-state index contributed by atoms with van der Waals surface area (Å²) in [5.41, 5.74) is 4.79. The average molecular weight is 437 g/mol. The Hall–Kier alpha value is -4.04. The van der Waals surface area contributed by atoms with E-state index in [-0.39, 0.29) is 17.2 Å². The van der Waals surface area contributed by atoms with Gasteiger partial charge in [0.05, 0.1) is 10.6 Å². The highest BCUT2D eigenvalue weighted by Gasteiger charge is 2.10. The molecule has 0 bridgehead atoms. The molecule has 0 radical (unpaired) electrons. The first kappa shape index (κ1) is 21.7. The van der Waals surface area contributed by atoms with Crippen molar-refractivity contribution in [3.63, 3.8) is 0 Å². The lowest BCUT2D eigenvalue weighted by atomic mass is 10.1. The van der Waals surface area contributed by atoms with Crippen molar-refractivity contribution in [1.29, 1.82) is 0 Å². The average Bonchev–Trinajstić information content (AvgIpc) is 2.77. The van der Waals surface area contributed by atoms with Crippen molar-refractivity contribution in [2.24, 2.45) is 5.10 Å². The Bertz CT molecular complexity index is 1160. The van der Waals surface area contributed by atoms with Crippen molar-refractivity contribution in [2.45, 2.75) is 6.92 Å². The quantitative estimate of drug-likeness (QED) is 0.332. The monoisotopic (exact) mass is 436 g/mol. The fourth-order valence-electron chi connectivity index (χ4n) is 2.62. The molecule has 8 nitrogen and oxygen atoms in total. The van der Waals surface area contributed by atoms with Gasteiger partial charge in [0.25, 0.3) is 17.5 Å². The van der Waals surface area contributed by atoms with E-state index in [1.165, 1.54) is 24.3 Å². The summed E-state index contributed by atoms with van der Waals surface area (Å²) in [6.07, 6.45) is 0. The third-order valence-electron chi connectivity index (χ3n) is 4.31. The van der Waals surface area contributed by atoms with Crippen LogP contribution in [0.2, 0.25) is 5.02 Å². The molecular formula is C22H17ClN4O4. The largest absolute Gasteiger partial charge is 0.322 e. The molecule has 0 aromatic heterocycles. The van der Waals surface area contributed by atoms with E-state index in [1.54, 1.807) is 55.5 Å². The number of nitrogens with zero attached hydrogens (tertiary/aromatic N) is 2. The summed E-state index contributed by atoms with van der Waals surface area (Å²) in [7, 11) is 0. The summed E-state index contributed by atoms with van der Waals surface area (Å²) in [6, 6.07) is 18.7. The van der Waals surface area contributed by atoms with Crippen molar-refractivity contribution in [3.8, 4) is 0 Å². The molecule has 0 heterocycles. The van der Waals surface area contributed by atoms with Crippen molar-refractivity contribution in [1.82, 2.24) is 5.43 Å². The standard InChI is InChI=1S/C22H17ClN4O4/c1-14(25-26-22(29)16-7-11-20(12-8-16)27(30)31)17-3-2-4-19(13-17)24-21(28)15-5-9-18(23)10-6-15/h2-13H,1H3,(H,24,28)(H,26,29)/b25-14-. The third kappa shape index (κ3) is 5.74. The summed E-state index contributed by atoms with van der Waals surface area (Å²) < 4.78 is 0. The second kappa shape index (κ2) is 9.64. The van der Waals surface area contributed by atoms with Crippen LogP contribution in [0.5, 0.6) is 0 Å². The molecule has 156 valence electrons. The third-order valence-corrected chi connectivity index (χ3v) is 4.56. The molecule has 0 saturated heterocycles. The van der Waals surface area contributed by atoms with Crippen LogP contribution in [0.15, 0.2) is 77.9 Å². The molecule has 0 spiro atoms. The predicted molar refractivity (Wildman–Crippen MR) is 119 cm³/mol. The normalized spacial score (nSPS) is 11.0. The Balaban J connectivity index is 1.67. The van der Waals surface area contributed by atoms with Gasteiger partial charge >= 0.3 is 0 Å². The van der Waals surface area contributed by atoms with E-state index >= 15 is 0 Å². The van der Waals surface area contributed by atoms with Gasteiger partial charge in [-0.05, 0) is 61.0 Å². The Morgan fingerprint density at radius 3 is 2.16 bits per heavy atom. The van der Waals surface area contributed by atoms with Crippen LogP contribution in [0.4, 0.5) is 11.4 Å². The SMILES string of the molecule is C/C(=N/NC(=O)c1ccc([N+](=O)[O-])cc1)c1cccc(NC(=O)c2ccc(Cl)cc2)c1. The lowest BCUT2D eigenvalue weighted by Gasteiger charge is -2.08.